The average Bonchev–Trinajstić information content (AvgIpc) is 2.93. The Kier molecular flexibility index (Phi) is 4.17. The van der Waals surface area contributed by atoms with Crippen LogP contribution in [0.2, 0.25) is 0 Å². The predicted octanol–water partition coefficient (Wildman–Crippen LogP) is 6.32. The Labute approximate surface area is 155 Å². The lowest BCUT2D eigenvalue weighted by molar-refractivity contribution is -0.0930. The third kappa shape index (κ3) is 2.40. The average molecular weight is 342 g/mol. The Bertz CT molecular complexity index is 577. The Morgan fingerprint density at radius 2 is 1.80 bits per heavy atom. The summed E-state index contributed by atoms with van der Waals surface area (Å²) in [7, 11) is 0. The molecule has 0 aromatic heterocycles. The van der Waals surface area contributed by atoms with Crippen LogP contribution in [0.15, 0.2) is 24.4 Å². The van der Waals surface area contributed by atoms with Gasteiger partial charge >= 0.3 is 0 Å². The first-order valence-electron chi connectivity index (χ1n) is 10.9. The summed E-state index contributed by atoms with van der Waals surface area (Å²) in [6.07, 6.45) is 11.0. The van der Waals surface area contributed by atoms with E-state index in [-0.39, 0.29) is 0 Å². The SMILES string of the molecule is C=C(CC)C1CCC2C3CCC4NC(=C)[C@H](C)CC4(C)C3CCC12C. The number of allylic oxidation sites excluding steroid dienone is 2. The van der Waals surface area contributed by atoms with Crippen molar-refractivity contribution in [1.29, 1.82) is 0 Å². The quantitative estimate of drug-likeness (QED) is 0.579. The van der Waals surface area contributed by atoms with Crippen molar-refractivity contribution in [3.05, 3.63) is 24.4 Å². The van der Waals surface area contributed by atoms with Crippen molar-refractivity contribution in [3.63, 3.8) is 0 Å². The molecule has 0 aromatic rings. The molecule has 1 heteroatoms. The smallest absolute Gasteiger partial charge is 0.0314 e. The van der Waals surface area contributed by atoms with Crippen molar-refractivity contribution >= 4 is 0 Å². The number of rotatable bonds is 2. The fourth-order valence-electron chi connectivity index (χ4n) is 8.05. The maximum Gasteiger partial charge on any atom is 0.0314 e. The zero-order chi connectivity index (χ0) is 18.0. The molecule has 3 aliphatic carbocycles. The maximum absolute atomic E-state index is 4.47. The van der Waals surface area contributed by atoms with Gasteiger partial charge in [0.2, 0.25) is 0 Å². The van der Waals surface area contributed by atoms with Crippen LogP contribution in [0.3, 0.4) is 0 Å². The maximum atomic E-state index is 4.47. The molecule has 7 unspecified atom stereocenters. The Hall–Kier alpha value is -0.720. The molecule has 1 nitrogen and oxygen atoms in total. The normalized spacial score (nSPS) is 51.9. The van der Waals surface area contributed by atoms with Crippen LogP contribution in [0, 0.1) is 40.4 Å². The number of hydrogen-bond donors (Lipinski definition) is 1. The van der Waals surface area contributed by atoms with Crippen molar-refractivity contribution in [2.45, 2.75) is 85.1 Å². The molecule has 0 spiro atoms. The lowest BCUT2D eigenvalue weighted by Gasteiger charge is -2.61. The Balaban J connectivity index is 1.62. The van der Waals surface area contributed by atoms with Gasteiger partial charge in [0.15, 0.2) is 0 Å². The van der Waals surface area contributed by atoms with Crippen LogP contribution < -0.4 is 5.32 Å². The molecule has 0 amide bonds. The predicted molar refractivity (Wildman–Crippen MR) is 107 cm³/mol. The first-order chi connectivity index (χ1) is 11.8. The molecule has 0 radical (unpaired) electrons. The fourth-order valence-corrected chi connectivity index (χ4v) is 8.05. The van der Waals surface area contributed by atoms with Crippen LogP contribution in [-0.4, -0.2) is 6.04 Å². The molecular formula is C24H39N. The van der Waals surface area contributed by atoms with Crippen LogP contribution in [0.5, 0.6) is 0 Å². The van der Waals surface area contributed by atoms with Gasteiger partial charge in [-0.25, -0.2) is 0 Å². The highest BCUT2D eigenvalue weighted by Gasteiger charge is 2.60. The van der Waals surface area contributed by atoms with Gasteiger partial charge in [-0.15, -0.1) is 0 Å². The summed E-state index contributed by atoms with van der Waals surface area (Å²) in [6, 6.07) is 0.671. The minimum atomic E-state index is 0.477. The number of fused-ring (bicyclic) bond motifs is 5. The number of nitrogens with one attached hydrogen (secondary N) is 1. The van der Waals surface area contributed by atoms with E-state index in [0.29, 0.717) is 22.8 Å². The Morgan fingerprint density at radius 1 is 1.08 bits per heavy atom. The molecule has 4 aliphatic rings. The van der Waals surface area contributed by atoms with Crippen LogP contribution in [-0.2, 0) is 0 Å². The Morgan fingerprint density at radius 3 is 2.52 bits per heavy atom. The highest BCUT2D eigenvalue weighted by Crippen LogP contribution is 2.67. The minimum Gasteiger partial charge on any atom is -0.385 e. The number of piperidine rings is 1. The lowest BCUT2D eigenvalue weighted by atomic mass is 9.46. The van der Waals surface area contributed by atoms with Gasteiger partial charge in [-0.2, -0.15) is 0 Å². The van der Waals surface area contributed by atoms with Gasteiger partial charge in [0.25, 0.3) is 0 Å². The molecule has 4 fully saturated rings. The van der Waals surface area contributed by atoms with Crippen molar-refractivity contribution in [2.24, 2.45) is 40.4 Å². The molecule has 0 bridgehead atoms. The molecule has 3 saturated carbocycles. The molecule has 140 valence electrons. The summed E-state index contributed by atoms with van der Waals surface area (Å²) in [5.41, 5.74) is 3.84. The van der Waals surface area contributed by atoms with E-state index >= 15 is 0 Å². The largest absolute Gasteiger partial charge is 0.385 e. The van der Waals surface area contributed by atoms with Gasteiger partial charge < -0.3 is 5.32 Å². The van der Waals surface area contributed by atoms with Gasteiger partial charge in [-0.1, -0.05) is 46.4 Å². The fraction of sp³-hybridized carbons (Fsp3) is 0.833. The van der Waals surface area contributed by atoms with Crippen molar-refractivity contribution in [3.8, 4) is 0 Å². The highest BCUT2D eigenvalue weighted by atomic mass is 15.0. The zero-order valence-electron chi connectivity index (χ0n) is 17.0. The summed E-state index contributed by atoms with van der Waals surface area (Å²) in [6.45, 7) is 18.7. The summed E-state index contributed by atoms with van der Waals surface area (Å²) in [5, 5.41) is 3.84. The van der Waals surface area contributed by atoms with E-state index in [0.717, 1.165) is 23.7 Å². The summed E-state index contributed by atoms with van der Waals surface area (Å²) >= 11 is 0. The van der Waals surface area contributed by atoms with E-state index in [1.54, 1.807) is 0 Å². The first-order valence-corrected chi connectivity index (χ1v) is 10.9. The lowest BCUT2D eigenvalue weighted by Crippen LogP contribution is -2.60. The second kappa shape index (κ2) is 5.89. The van der Waals surface area contributed by atoms with E-state index in [2.05, 4.69) is 46.2 Å². The molecular weight excluding hydrogens is 302 g/mol. The van der Waals surface area contributed by atoms with Crippen LogP contribution in [0.1, 0.15) is 79.1 Å². The zero-order valence-corrected chi connectivity index (χ0v) is 17.0. The molecule has 1 N–H and O–H groups in total. The second-order valence-electron chi connectivity index (χ2n) is 10.5. The molecule has 1 aliphatic heterocycles. The molecule has 4 rings (SSSR count). The van der Waals surface area contributed by atoms with E-state index in [9.17, 15) is 0 Å². The molecule has 1 heterocycles. The van der Waals surface area contributed by atoms with Gasteiger partial charge in [0.05, 0.1) is 0 Å². The van der Waals surface area contributed by atoms with Crippen molar-refractivity contribution in [1.82, 2.24) is 5.32 Å². The molecule has 25 heavy (non-hydrogen) atoms. The molecule has 0 aromatic carbocycles. The second-order valence-corrected chi connectivity index (χ2v) is 10.5. The molecule has 8 atom stereocenters. The number of hydrogen-bond acceptors (Lipinski definition) is 1. The highest BCUT2D eigenvalue weighted by molar-refractivity contribution is 5.19. The van der Waals surface area contributed by atoms with Crippen LogP contribution >= 0.6 is 0 Å². The van der Waals surface area contributed by atoms with Gasteiger partial charge in [-0.3, -0.25) is 0 Å². The summed E-state index contributed by atoms with van der Waals surface area (Å²) in [4.78, 5) is 0. The van der Waals surface area contributed by atoms with Gasteiger partial charge in [0.1, 0.15) is 0 Å². The van der Waals surface area contributed by atoms with Crippen LogP contribution in [0.25, 0.3) is 0 Å². The van der Waals surface area contributed by atoms with E-state index < -0.39 is 0 Å². The van der Waals surface area contributed by atoms with Gasteiger partial charge in [-0.05, 0) is 91.8 Å². The van der Waals surface area contributed by atoms with Crippen molar-refractivity contribution < 1.29 is 0 Å². The van der Waals surface area contributed by atoms with Crippen LogP contribution in [0.4, 0.5) is 0 Å². The first kappa shape index (κ1) is 17.7. The van der Waals surface area contributed by atoms with Gasteiger partial charge in [0, 0.05) is 11.7 Å². The molecule has 1 saturated heterocycles. The summed E-state index contributed by atoms with van der Waals surface area (Å²) in [5.74, 6) is 4.23. The third-order valence-electron chi connectivity index (χ3n) is 9.52. The van der Waals surface area contributed by atoms with E-state index in [1.165, 1.54) is 62.6 Å². The minimum absolute atomic E-state index is 0.477. The van der Waals surface area contributed by atoms with Crippen molar-refractivity contribution in [2.75, 3.05) is 0 Å². The van der Waals surface area contributed by atoms with E-state index in [1.807, 2.05) is 0 Å². The summed E-state index contributed by atoms with van der Waals surface area (Å²) < 4.78 is 0. The monoisotopic (exact) mass is 341 g/mol. The standard InChI is InChI=1S/C24H39N/c1-7-15(2)19-9-10-20-18-8-11-22-24(6,14-16(3)17(4)25-22)21(18)12-13-23(19,20)5/h16,18-22,25H,2,4,7-14H2,1,3,5-6H3/t16-,18?,19?,20?,21?,22?,23?,24?/m1/s1. The topological polar surface area (TPSA) is 12.0 Å². The third-order valence-corrected chi connectivity index (χ3v) is 9.52. The van der Waals surface area contributed by atoms with E-state index in [4.69, 9.17) is 0 Å².